The predicted octanol–water partition coefficient (Wildman–Crippen LogP) is 6.04. The van der Waals surface area contributed by atoms with Crippen LogP contribution in [-0.2, 0) is 12.8 Å². The van der Waals surface area contributed by atoms with Gasteiger partial charge in [-0.3, -0.25) is 0 Å². The number of alkyl halides is 3. The summed E-state index contributed by atoms with van der Waals surface area (Å²) in [4.78, 5) is 0. The highest BCUT2D eigenvalue weighted by Crippen LogP contribution is 2.30. The molecule has 0 saturated carbocycles. The molecule has 1 rings (SSSR count). The molecule has 1 aromatic carbocycles. The van der Waals surface area contributed by atoms with E-state index in [0.29, 0.717) is 6.42 Å². The summed E-state index contributed by atoms with van der Waals surface area (Å²) in [6.07, 6.45) is -0.976. The molecule has 0 N–H and O–H groups in total. The molecule has 20 heavy (non-hydrogen) atoms. The standard InChI is InChI=1S/C17H25F3/c1-4-13(8-7-11-17(18,19)20)16-10-9-14(5-2)15(6-3)12-16/h9-10,12-13H,4-8,11H2,1-3H3. The number of rotatable bonds is 7. The summed E-state index contributed by atoms with van der Waals surface area (Å²) in [7, 11) is 0. The Morgan fingerprint density at radius 2 is 1.65 bits per heavy atom. The molecule has 0 aliphatic rings. The number of aryl methyl sites for hydroxylation is 2. The van der Waals surface area contributed by atoms with Crippen LogP contribution in [0.15, 0.2) is 18.2 Å². The zero-order valence-electron chi connectivity index (χ0n) is 12.7. The SMILES string of the molecule is CCc1ccc(C(CC)CCCC(F)(F)F)cc1CC. The average molecular weight is 286 g/mol. The Bertz CT molecular complexity index is 407. The van der Waals surface area contributed by atoms with E-state index >= 15 is 0 Å². The lowest BCUT2D eigenvalue weighted by Crippen LogP contribution is -2.08. The second-order valence-electron chi connectivity index (χ2n) is 5.35. The van der Waals surface area contributed by atoms with Crippen molar-refractivity contribution in [2.24, 2.45) is 0 Å². The summed E-state index contributed by atoms with van der Waals surface area (Å²) >= 11 is 0. The first-order chi connectivity index (χ1) is 9.41. The molecule has 0 heterocycles. The van der Waals surface area contributed by atoms with Gasteiger partial charge in [0.1, 0.15) is 0 Å². The third-order valence-corrected chi connectivity index (χ3v) is 3.97. The minimum absolute atomic E-state index is 0.221. The summed E-state index contributed by atoms with van der Waals surface area (Å²) in [5, 5.41) is 0. The van der Waals surface area contributed by atoms with E-state index in [1.54, 1.807) is 0 Å². The van der Waals surface area contributed by atoms with Crippen LogP contribution >= 0.6 is 0 Å². The van der Waals surface area contributed by atoms with Crippen molar-refractivity contribution in [2.45, 2.75) is 71.4 Å². The second kappa shape index (κ2) is 7.70. The molecular formula is C17H25F3. The molecular weight excluding hydrogens is 261 g/mol. The van der Waals surface area contributed by atoms with Gasteiger partial charge in [0, 0.05) is 6.42 Å². The van der Waals surface area contributed by atoms with Gasteiger partial charge in [-0.25, -0.2) is 0 Å². The van der Waals surface area contributed by atoms with Gasteiger partial charge in [-0.15, -0.1) is 0 Å². The van der Waals surface area contributed by atoms with Crippen LogP contribution in [0.5, 0.6) is 0 Å². The van der Waals surface area contributed by atoms with Crippen molar-refractivity contribution < 1.29 is 13.2 Å². The number of hydrogen-bond acceptors (Lipinski definition) is 0. The molecule has 0 fully saturated rings. The van der Waals surface area contributed by atoms with Crippen molar-refractivity contribution in [3.8, 4) is 0 Å². The Hall–Kier alpha value is -0.990. The molecule has 0 aliphatic heterocycles. The van der Waals surface area contributed by atoms with Gasteiger partial charge in [-0.1, -0.05) is 39.0 Å². The van der Waals surface area contributed by atoms with Gasteiger partial charge in [0.2, 0.25) is 0 Å². The lowest BCUT2D eigenvalue weighted by Gasteiger charge is -2.18. The van der Waals surface area contributed by atoms with Crippen molar-refractivity contribution in [2.75, 3.05) is 0 Å². The van der Waals surface area contributed by atoms with Crippen molar-refractivity contribution in [1.82, 2.24) is 0 Å². The van der Waals surface area contributed by atoms with Gasteiger partial charge < -0.3 is 0 Å². The van der Waals surface area contributed by atoms with Crippen molar-refractivity contribution in [3.05, 3.63) is 34.9 Å². The molecule has 3 heteroatoms. The molecule has 0 radical (unpaired) electrons. The third-order valence-electron chi connectivity index (χ3n) is 3.97. The van der Waals surface area contributed by atoms with Crippen LogP contribution in [0.1, 0.15) is 69.1 Å². The maximum absolute atomic E-state index is 12.2. The molecule has 1 unspecified atom stereocenters. The van der Waals surface area contributed by atoms with Crippen LogP contribution < -0.4 is 0 Å². The van der Waals surface area contributed by atoms with E-state index in [-0.39, 0.29) is 12.3 Å². The topological polar surface area (TPSA) is 0 Å². The van der Waals surface area contributed by atoms with E-state index < -0.39 is 12.6 Å². The molecule has 0 aromatic heterocycles. The zero-order valence-corrected chi connectivity index (χ0v) is 12.7. The Morgan fingerprint density at radius 3 is 2.15 bits per heavy atom. The molecule has 0 amide bonds. The summed E-state index contributed by atoms with van der Waals surface area (Å²) in [5.41, 5.74) is 3.88. The van der Waals surface area contributed by atoms with Crippen LogP contribution in [0.25, 0.3) is 0 Å². The Kier molecular flexibility index (Phi) is 6.57. The molecule has 1 atom stereocenters. The smallest absolute Gasteiger partial charge is 0.171 e. The van der Waals surface area contributed by atoms with Gasteiger partial charge in [-0.2, -0.15) is 13.2 Å². The molecule has 114 valence electrons. The number of halogens is 3. The fourth-order valence-corrected chi connectivity index (χ4v) is 2.73. The van der Waals surface area contributed by atoms with E-state index in [1.165, 1.54) is 16.7 Å². The first-order valence-electron chi connectivity index (χ1n) is 7.59. The summed E-state index contributed by atoms with van der Waals surface area (Å²) < 4.78 is 36.7. The van der Waals surface area contributed by atoms with Crippen LogP contribution in [0.4, 0.5) is 13.2 Å². The molecule has 0 saturated heterocycles. The first-order valence-corrected chi connectivity index (χ1v) is 7.59. The lowest BCUT2D eigenvalue weighted by atomic mass is 9.88. The van der Waals surface area contributed by atoms with E-state index in [1.807, 2.05) is 0 Å². The Balaban J connectivity index is 2.74. The van der Waals surface area contributed by atoms with Gasteiger partial charge >= 0.3 is 6.18 Å². The quantitative estimate of drug-likeness (QED) is 0.573. The van der Waals surface area contributed by atoms with Crippen LogP contribution in [0.3, 0.4) is 0 Å². The lowest BCUT2D eigenvalue weighted by molar-refractivity contribution is -0.135. The fourth-order valence-electron chi connectivity index (χ4n) is 2.73. The highest BCUT2D eigenvalue weighted by molar-refractivity contribution is 5.34. The van der Waals surface area contributed by atoms with Gasteiger partial charge in [0.15, 0.2) is 0 Å². The predicted molar refractivity (Wildman–Crippen MR) is 78.1 cm³/mol. The minimum Gasteiger partial charge on any atom is -0.171 e. The number of hydrogen-bond donors (Lipinski definition) is 0. The Morgan fingerprint density at radius 1 is 1.00 bits per heavy atom. The minimum atomic E-state index is -4.03. The maximum Gasteiger partial charge on any atom is 0.389 e. The second-order valence-corrected chi connectivity index (χ2v) is 5.35. The molecule has 0 spiro atoms. The molecule has 1 aromatic rings. The highest BCUT2D eigenvalue weighted by Gasteiger charge is 2.26. The summed E-state index contributed by atoms with van der Waals surface area (Å²) in [6, 6.07) is 6.43. The van der Waals surface area contributed by atoms with E-state index in [2.05, 4.69) is 39.0 Å². The Labute approximate surface area is 120 Å². The normalized spacial score (nSPS) is 13.5. The van der Waals surface area contributed by atoms with Crippen LogP contribution in [-0.4, -0.2) is 6.18 Å². The van der Waals surface area contributed by atoms with E-state index in [9.17, 15) is 13.2 Å². The van der Waals surface area contributed by atoms with Gasteiger partial charge in [0.25, 0.3) is 0 Å². The summed E-state index contributed by atoms with van der Waals surface area (Å²) in [5.74, 6) is 0.244. The average Bonchev–Trinajstić information content (AvgIpc) is 2.41. The summed E-state index contributed by atoms with van der Waals surface area (Å²) in [6.45, 7) is 6.31. The molecule has 0 nitrogen and oxygen atoms in total. The van der Waals surface area contributed by atoms with Gasteiger partial charge in [0.05, 0.1) is 0 Å². The fraction of sp³-hybridized carbons (Fsp3) is 0.647. The van der Waals surface area contributed by atoms with Gasteiger partial charge in [-0.05, 0) is 54.7 Å². The highest BCUT2D eigenvalue weighted by atomic mass is 19.4. The maximum atomic E-state index is 12.2. The van der Waals surface area contributed by atoms with E-state index in [4.69, 9.17) is 0 Å². The zero-order chi connectivity index (χ0) is 15.2. The van der Waals surface area contributed by atoms with Crippen molar-refractivity contribution in [1.29, 1.82) is 0 Å². The third kappa shape index (κ3) is 5.18. The molecule has 0 aliphatic carbocycles. The van der Waals surface area contributed by atoms with Crippen LogP contribution in [0.2, 0.25) is 0 Å². The van der Waals surface area contributed by atoms with Crippen molar-refractivity contribution in [3.63, 3.8) is 0 Å². The number of benzene rings is 1. The van der Waals surface area contributed by atoms with Crippen LogP contribution in [0, 0.1) is 0 Å². The largest absolute Gasteiger partial charge is 0.389 e. The van der Waals surface area contributed by atoms with Crippen molar-refractivity contribution >= 4 is 0 Å². The monoisotopic (exact) mass is 286 g/mol. The first kappa shape index (κ1) is 17.1. The molecule has 0 bridgehead atoms. The van der Waals surface area contributed by atoms with E-state index in [0.717, 1.165) is 19.3 Å².